The van der Waals surface area contributed by atoms with E-state index in [1.165, 1.54) is 0 Å². The summed E-state index contributed by atoms with van der Waals surface area (Å²) in [7, 11) is 3.48. The molecule has 102 valence electrons. The van der Waals surface area contributed by atoms with Crippen molar-refractivity contribution in [1.82, 2.24) is 14.3 Å². The minimum absolute atomic E-state index is 0.612. The Morgan fingerprint density at radius 3 is 2.80 bits per heavy atom. The summed E-state index contributed by atoms with van der Waals surface area (Å²) in [5, 5.41) is 5.37. The Morgan fingerprint density at radius 2 is 2.10 bits per heavy atom. The third-order valence-electron chi connectivity index (χ3n) is 3.48. The van der Waals surface area contributed by atoms with Gasteiger partial charge in [-0.05, 0) is 31.2 Å². The topological polar surface area (TPSA) is 49.1 Å². The summed E-state index contributed by atoms with van der Waals surface area (Å²) < 4.78 is 8.92. The van der Waals surface area contributed by atoms with Gasteiger partial charge in [0.1, 0.15) is 11.6 Å². The molecule has 0 fully saturated rings. The zero-order chi connectivity index (χ0) is 14.3. The number of methoxy groups -OCH3 is 1. The van der Waals surface area contributed by atoms with E-state index in [1.54, 1.807) is 11.8 Å². The number of aromatic nitrogens is 3. The highest BCUT2D eigenvalue weighted by molar-refractivity contribution is 5.87. The number of hydrogen-bond donors (Lipinski definition) is 0. The van der Waals surface area contributed by atoms with Crippen molar-refractivity contribution in [3.05, 3.63) is 41.7 Å². The molecule has 0 aliphatic carbocycles. The Bertz CT molecular complexity index is 799. The zero-order valence-corrected chi connectivity index (χ0v) is 11.6. The molecule has 1 aromatic carbocycles. The predicted molar refractivity (Wildman–Crippen MR) is 76.7 cm³/mol. The van der Waals surface area contributed by atoms with Crippen LogP contribution in [0.2, 0.25) is 0 Å². The molecule has 3 aromatic rings. The molecule has 0 N–H and O–H groups in total. The molecule has 3 rings (SSSR count). The smallest absolute Gasteiger partial charge is 0.155 e. The van der Waals surface area contributed by atoms with E-state index in [0.717, 1.165) is 34.5 Å². The maximum Gasteiger partial charge on any atom is 0.155 e. The molecule has 0 spiro atoms. The van der Waals surface area contributed by atoms with Crippen molar-refractivity contribution in [2.75, 3.05) is 7.11 Å². The highest BCUT2D eigenvalue weighted by Gasteiger charge is 2.16. The molecule has 0 aliphatic rings. The molecular weight excluding hydrogens is 254 g/mol. The van der Waals surface area contributed by atoms with Crippen molar-refractivity contribution >= 4 is 17.2 Å². The fourth-order valence-corrected chi connectivity index (χ4v) is 2.52. The van der Waals surface area contributed by atoms with Crippen molar-refractivity contribution in [3.63, 3.8) is 0 Å². The average molecular weight is 269 g/mol. The lowest BCUT2D eigenvalue weighted by Crippen LogP contribution is -2.03. The predicted octanol–water partition coefficient (Wildman–Crippen LogP) is 2.49. The first-order valence-electron chi connectivity index (χ1n) is 6.30. The van der Waals surface area contributed by atoms with Gasteiger partial charge in [-0.2, -0.15) is 5.10 Å². The van der Waals surface area contributed by atoms with Crippen molar-refractivity contribution in [2.45, 2.75) is 6.92 Å². The van der Waals surface area contributed by atoms with E-state index in [2.05, 4.69) is 5.10 Å². The summed E-state index contributed by atoms with van der Waals surface area (Å²) >= 11 is 0. The third-order valence-corrected chi connectivity index (χ3v) is 3.48. The van der Waals surface area contributed by atoms with Gasteiger partial charge in [-0.1, -0.05) is 0 Å². The van der Waals surface area contributed by atoms with Crippen LogP contribution in [0.1, 0.15) is 16.1 Å². The molecule has 2 aromatic heterocycles. The molecule has 0 amide bonds. The lowest BCUT2D eigenvalue weighted by atomic mass is 10.2. The molecular formula is C15H15N3O2. The first-order valence-corrected chi connectivity index (χ1v) is 6.30. The largest absolute Gasteiger partial charge is 0.497 e. The van der Waals surface area contributed by atoms with E-state index in [1.807, 2.05) is 49.0 Å². The van der Waals surface area contributed by atoms with Crippen LogP contribution in [0.3, 0.4) is 0 Å². The lowest BCUT2D eigenvalue weighted by Gasteiger charge is -2.07. The van der Waals surface area contributed by atoms with Crippen LogP contribution < -0.4 is 4.74 Å². The summed E-state index contributed by atoms with van der Waals surface area (Å²) in [5.41, 5.74) is 2.35. The van der Waals surface area contributed by atoms with Gasteiger partial charge >= 0.3 is 0 Å². The van der Waals surface area contributed by atoms with E-state index in [9.17, 15) is 4.79 Å². The lowest BCUT2D eigenvalue weighted by molar-refractivity contribution is 0.112. The minimum atomic E-state index is 0.612. The van der Waals surface area contributed by atoms with Gasteiger partial charge in [0.25, 0.3) is 0 Å². The average Bonchev–Trinajstić information content (AvgIpc) is 2.97. The van der Waals surface area contributed by atoms with Crippen LogP contribution >= 0.6 is 0 Å². The van der Waals surface area contributed by atoms with Crippen molar-refractivity contribution in [3.8, 4) is 11.6 Å². The molecule has 20 heavy (non-hydrogen) atoms. The zero-order valence-electron chi connectivity index (χ0n) is 11.6. The van der Waals surface area contributed by atoms with E-state index >= 15 is 0 Å². The number of nitrogens with zero attached hydrogens (tertiary/aromatic N) is 3. The van der Waals surface area contributed by atoms with E-state index in [-0.39, 0.29) is 0 Å². The second-order valence-corrected chi connectivity index (χ2v) is 4.67. The van der Waals surface area contributed by atoms with Crippen LogP contribution in [0, 0.1) is 6.92 Å². The van der Waals surface area contributed by atoms with Gasteiger partial charge in [0.2, 0.25) is 0 Å². The molecule has 0 bridgehead atoms. The molecule has 0 aliphatic heterocycles. The number of carbonyl (C=O) groups excluding carboxylic acids is 1. The summed E-state index contributed by atoms with van der Waals surface area (Å²) in [6, 6.07) is 7.85. The Kier molecular flexibility index (Phi) is 2.82. The number of aryl methyl sites for hydroxylation is 2. The number of aldehydes is 1. The van der Waals surface area contributed by atoms with Crippen LogP contribution in [0.25, 0.3) is 16.7 Å². The van der Waals surface area contributed by atoms with E-state index in [0.29, 0.717) is 5.56 Å². The van der Waals surface area contributed by atoms with Gasteiger partial charge in [-0.25, -0.2) is 0 Å². The van der Waals surface area contributed by atoms with Crippen molar-refractivity contribution < 1.29 is 9.53 Å². The normalized spacial score (nSPS) is 10.9. The van der Waals surface area contributed by atoms with Gasteiger partial charge in [0, 0.05) is 18.6 Å². The number of carbonyl (C=O) groups is 1. The molecule has 5 nitrogen and oxygen atoms in total. The van der Waals surface area contributed by atoms with Gasteiger partial charge in [0.15, 0.2) is 6.29 Å². The highest BCUT2D eigenvalue weighted by atomic mass is 16.5. The minimum Gasteiger partial charge on any atom is -0.497 e. The molecule has 0 unspecified atom stereocenters. The number of benzene rings is 1. The quantitative estimate of drug-likeness (QED) is 0.686. The van der Waals surface area contributed by atoms with E-state index < -0.39 is 0 Å². The van der Waals surface area contributed by atoms with Gasteiger partial charge in [0.05, 0.1) is 23.9 Å². The Hall–Kier alpha value is -2.56. The molecule has 0 saturated heterocycles. The standard InChI is InChI=1S/C15H15N3O2/c1-10-13(9-19)15(17(2)16-10)18-7-6-11-8-12(20-3)4-5-14(11)18/h4-9H,1-3H3. The molecule has 0 atom stereocenters. The first-order chi connectivity index (χ1) is 9.65. The Balaban J connectivity index is 2.28. The number of rotatable bonds is 3. The van der Waals surface area contributed by atoms with Crippen LogP contribution in [-0.4, -0.2) is 27.7 Å². The molecule has 5 heteroatoms. The first kappa shape index (κ1) is 12.5. The summed E-state index contributed by atoms with van der Waals surface area (Å²) in [5.74, 6) is 1.59. The third kappa shape index (κ3) is 1.71. The second-order valence-electron chi connectivity index (χ2n) is 4.67. The highest BCUT2D eigenvalue weighted by Crippen LogP contribution is 2.26. The fraction of sp³-hybridized carbons (Fsp3) is 0.200. The van der Waals surface area contributed by atoms with Crippen LogP contribution in [-0.2, 0) is 7.05 Å². The summed E-state index contributed by atoms with van der Waals surface area (Å²) in [6.07, 6.45) is 2.79. The van der Waals surface area contributed by atoms with E-state index in [4.69, 9.17) is 4.74 Å². The van der Waals surface area contributed by atoms with Crippen LogP contribution in [0.4, 0.5) is 0 Å². The number of fused-ring (bicyclic) bond motifs is 1. The molecule has 0 radical (unpaired) electrons. The van der Waals surface area contributed by atoms with Gasteiger partial charge < -0.3 is 9.30 Å². The monoisotopic (exact) mass is 269 g/mol. The van der Waals surface area contributed by atoms with Crippen LogP contribution in [0.15, 0.2) is 30.5 Å². The summed E-state index contributed by atoms with van der Waals surface area (Å²) in [6.45, 7) is 1.84. The Labute approximate surface area is 116 Å². The molecule has 2 heterocycles. The van der Waals surface area contributed by atoms with Gasteiger partial charge in [-0.15, -0.1) is 0 Å². The van der Waals surface area contributed by atoms with Crippen molar-refractivity contribution in [2.24, 2.45) is 7.05 Å². The fourth-order valence-electron chi connectivity index (χ4n) is 2.52. The number of hydrogen-bond acceptors (Lipinski definition) is 3. The molecule has 0 saturated carbocycles. The van der Waals surface area contributed by atoms with Gasteiger partial charge in [-0.3, -0.25) is 9.48 Å². The maximum absolute atomic E-state index is 11.3. The SMILES string of the molecule is COc1ccc2c(ccn2-c2c(C=O)c(C)nn2C)c1. The second kappa shape index (κ2) is 4.52. The number of ether oxygens (including phenoxy) is 1. The summed E-state index contributed by atoms with van der Waals surface area (Å²) in [4.78, 5) is 11.3. The van der Waals surface area contributed by atoms with Crippen LogP contribution in [0.5, 0.6) is 5.75 Å². The maximum atomic E-state index is 11.3. The Morgan fingerprint density at radius 1 is 1.30 bits per heavy atom. The van der Waals surface area contributed by atoms with Crippen molar-refractivity contribution in [1.29, 1.82) is 0 Å².